The Morgan fingerprint density at radius 3 is 2.50 bits per heavy atom. The van der Waals surface area contributed by atoms with Gasteiger partial charge in [0.2, 0.25) is 5.91 Å². The summed E-state index contributed by atoms with van der Waals surface area (Å²) in [5, 5.41) is 9.09. The molecule has 1 heterocycles. The van der Waals surface area contributed by atoms with E-state index >= 15 is 0 Å². The average Bonchev–Trinajstić information content (AvgIpc) is 3.11. The first-order valence-electron chi connectivity index (χ1n) is 9.54. The first kappa shape index (κ1) is 21.7. The number of methoxy groups -OCH3 is 2. The molecule has 1 saturated heterocycles. The molecule has 0 spiro atoms. The van der Waals surface area contributed by atoms with Crippen LogP contribution in [0.25, 0.3) is 0 Å². The first-order valence-corrected chi connectivity index (χ1v) is 10.5. The topological polar surface area (TPSA) is 66.7 Å². The van der Waals surface area contributed by atoms with Crippen LogP contribution in [0.3, 0.4) is 0 Å². The van der Waals surface area contributed by atoms with Gasteiger partial charge in [-0.2, -0.15) is 5.10 Å². The van der Waals surface area contributed by atoms with Crippen LogP contribution in [0.2, 0.25) is 0 Å². The Kier molecular flexibility index (Phi) is 7.35. The van der Waals surface area contributed by atoms with Gasteiger partial charge in [0.05, 0.1) is 26.2 Å². The van der Waals surface area contributed by atoms with Crippen molar-refractivity contribution in [2.24, 2.45) is 10.2 Å². The minimum absolute atomic E-state index is 0.0461. The van der Waals surface area contributed by atoms with E-state index in [2.05, 4.69) is 10.2 Å². The van der Waals surface area contributed by atoms with Crippen LogP contribution >= 0.6 is 11.8 Å². The van der Waals surface area contributed by atoms with Gasteiger partial charge in [-0.05, 0) is 41.8 Å². The fourth-order valence-corrected chi connectivity index (χ4v) is 3.83. The summed E-state index contributed by atoms with van der Waals surface area (Å²) in [6.07, 6.45) is 2.38. The molecule has 0 N–H and O–H groups in total. The summed E-state index contributed by atoms with van der Waals surface area (Å²) in [4.78, 5) is 16.0. The standard InChI is InChI=1S/C22H26N4O3S/c1-25(2)18-8-5-17(6-9-18)14-23-24-22-26(21(27)15-30-22)12-11-16-7-10-19(28-3)20(13-16)29-4/h5-10,13-14H,11-12,15H2,1-4H3/b23-14+,24-22-. The normalized spacial score (nSPS) is 15.3. The molecule has 3 rings (SSSR count). The summed E-state index contributed by atoms with van der Waals surface area (Å²) in [6, 6.07) is 13.8. The second-order valence-corrected chi connectivity index (χ2v) is 7.83. The summed E-state index contributed by atoms with van der Waals surface area (Å²) in [5.41, 5.74) is 3.13. The van der Waals surface area contributed by atoms with E-state index in [9.17, 15) is 4.79 Å². The summed E-state index contributed by atoms with van der Waals surface area (Å²) in [7, 11) is 7.22. The number of nitrogens with zero attached hydrogens (tertiary/aromatic N) is 4. The van der Waals surface area contributed by atoms with Crippen molar-refractivity contribution in [3.8, 4) is 11.5 Å². The van der Waals surface area contributed by atoms with Gasteiger partial charge in [-0.15, -0.1) is 5.10 Å². The molecule has 0 radical (unpaired) electrons. The van der Waals surface area contributed by atoms with Crippen LogP contribution in [0.1, 0.15) is 11.1 Å². The Morgan fingerprint density at radius 1 is 1.10 bits per heavy atom. The molecule has 0 aromatic heterocycles. The first-order chi connectivity index (χ1) is 14.5. The van der Waals surface area contributed by atoms with Gasteiger partial charge < -0.3 is 14.4 Å². The molecule has 0 aliphatic carbocycles. The zero-order chi connectivity index (χ0) is 21.5. The van der Waals surface area contributed by atoms with Crippen LogP contribution < -0.4 is 14.4 Å². The molecule has 1 aliphatic rings. The van der Waals surface area contributed by atoms with E-state index in [4.69, 9.17) is 9.47 Å². The SMILES string of the molecule is COc1ccc(CCN2C(=O)CS/C2=N\N=C\c2ccc(N(C)C)cc2)cc1OC. The molecular formula is C22H26N4O3S. The van der Waals surface area contributed by atoms with Crippen LogP contribution in [0.5, 0.6) is 11.5 Å². The minimum atomic E-state index is 0.0461. The highest BCUT2D eigenvalue weighted by Crippen LogP contribution is 2.28. The van der Waals surface area contributed by atoms with E-state index in [1.165, 1.54) is 11.8 Å². The number of carbonyl (C=O) groups is 1. The number of rotatable bonds is 8. The number of carbonyl (C=O) groups excluding carboxylic acids is 1. The zero-order valence-electron chi connectivity index (χ0n) is 17.7. The van der Waals surface area contributed by atoms with Gasteiger partial charge in [-0.3, -0.25) is 9.69 Å². The summed E-state index contributed by atoms with van der Waals surface area (Å²) >= 11 is 1.41. The van der Waals surface area contributed by atoms with Crippen molar-refractivity contribution in [1.82, 2.24) is 4.90 Å². The lowest BCUT2D eigenvalue weighted by Crippen LogP contribution is -2.31. The van der Waals surface area contributed by atoms with Crippen LogP contribution in [0.4, 0.5) is 5.69 Å². The zero-order valence-corrected chi connectivity index (χ0v) is 18.5. The van der Waals surface area contributed by atoms with E-state index < -0.39 is 0 Å². The van der Waals surface area contributed by atoms with Gasteiger partial charge >= 0.3 is 0 Å². The molecule has 0 unspecified atom stereocenters. The van der Waals surface area contributed by atoms with Crippen molar-refractivity contribution < 1.29 is 14.3 Å². The van der Waals surface area contributed by atoms with Gasteiger partial charge in [0, 0.05) is 26.3 Å². The van der Waals surface area contributed by atoms with Crippen molar-refractivity contribution in [1.29, 1.82) is 0 Å². The van der Waals surface area contributed by atoms with Gasteiger partial charge in [0.1, 0.15) is 0 Å². The van der Waals surface area contributed by atoms with E-state index in [1.807, 2.05) is 61.5 Å². The maximum atomic E-state index is 12.3. The van der Waals surface area contributed by atoms with Gasteiger partial charge in [-0.25, -0.2) is 0 Å². The third-order valence-electron chi connectivity index (χ3n) is 4.69. The molecule has 30 heavy (non-hydrogen) atoms. The second-order valence-electron chi connectivity index (χ2n) is 6.89. The highest BCUT2D eigenvalue weighted by atomic mass is 32.2. The van der Waals surface area contributed by atoms with E-state index in [1.54, 1.807) is 25.3 Å². The quantitative estimate of drug-likeness (QED) is 0.479. The maximum Gasteiger partial charge on any atom is 0.239 e. The van der Waals surface area contributed by atoms with E-state index in [0.29, 0.717) is 35.4 Å². The second kappa shape index (κ2) is 10.2. The molecule has 0 atom stereocenters. The number of hydrogen-bond donors (Lipinski definition) is 0. The Morgan fingerprint density at radius 2 is 1.83 bits per heavy atom. The Bertz CT molecular complexity index is 942. The Labute approximate surface area is 181 Å². The summed E-state index contributed by atoms with van der Waals surface area (Å²) in [6.45, 7) is 0.535. The van der Waals surface area contributed by atoms with Crippen molar-refractivity contribution in [3.05, 3.63) is 53.6 Å². The van der Waals surface area contributed by atoms with Crippen LogP contribution in [-0.2, 0) is 11.2 Å². The lowest BCUT2D eigenvalue weighted by molar-refractivity contribution is -0.124. The largest absolute Gasteiger partial charge is 0.493 e. The van der Waals surface area contributed by atoms with Crippen molar-refractivity contribution in [2.45, 2.75) is 6.42 Å². The van der Waals surface area contributed by atoms with Gasteiger partial charge in [0.25, 0.3) is 0 Å². The number of benzene rings is 2. The van der Waals surface area contributed by atoms with E-state index in [0.717, 1.165) is 16.8 Å². The Balaban J connectivity index is 1.65. The molecule has 2 aromatic rings. The monoisotopic (exact) mass is 426 g/mol. The van der Waals surface area contributed by atoms with Crippen LogP contribution in [0.15, 0.2) is 52.7 Å². The van der Waals surface area contributed by atoms with Crippen LogP contribution in [0, 0.1) is 0 Å². The molecule has 1 fully saturated rings. The number of amides is 1. The number of anilines is 1. The predicted molar refractivity (Wildman–Crippen MR) is 123 cm³/mol. The number of thioether (sulfide) groups is 1. The Hall–Kier alpha value is -3.00. The molecule has 0 saturated carbocycles. The molecule has 8 heteroatoms. The molecule has 1 aliphatic heterocycles. The summed E-state index contributed by atoms with van der Waals surface area (Å²) < 4.78 is 10.6. The third-order valence-corrected chi connectivity index (χ3v) is 5.64. The molecule has 158 valence electrons. The minimum Gasteiger partial charge on any atom is -0.493 e. The highest BCUT2D eigenvalue weighted by molar-refractivity contribution is 8.15. The number of amidine groups is 1. The fourth-order valence-electron chi connectivity index (χ4n) is 2.97. The van der Waals surface area contributed by atoms with Crippen molar-refractivity contribution in [3.63, 3.8) is 0 Å². The lowest BCUT2D eigenvalue weighted by Gasteiger charge is -2.16. The molecule has 2 aromatic carbocycles. The van der Waals surface area contributed by atoms with E-state index in [-0.39, 0.29) is 5.91 Å². The molecular weight excluding hydrogens is 400 g/mol. The molecule has 7 nitrogen and oxygen atoms in total. The maximum absolute atomic E-state index is 12.3. The molecule has 0 bridgehead atoms. The number of ether oxygens (including phenoxy) is 2. The number of hydrogen-bond acceptors (Lipinski definition) is 7. The summed E-state index contributed by atoms with van der Waals surface area (Å²) in [5.74, 6) is 1.79. The average molecular weight is 427 g/mol. The molecule has 1 amide bonds. The van der Waals surface area contributed by atoms with Gasteiger partial charge in [-0.1, -0.05) is 30.0 Å². The highest BCUT2D eigenvalue weighted by Gasteiger charge is 2.28. The smallest absolute Gasteiger partial charge is 0.239 e. The van der Waals surface area contributed by atoms with Crippen LogP contribution in [-0.4, -0.2) is 62.8 Å². The fraction of sp³-hybridized carbons (Fsp3) is 0.318. The van der Waals surface area contributed by atoms with Crippen molar-refractivity contribution in [2.75, 3.05) is 45.5 Å². The van der Waals surface area contributed by atoms with Crippen molar-refractivity contribution >= 4 is 34.7 Å². The lowest BCUT2D eigenvalue weighted by atomic mass is 10.1. The van der Waals surface area contributed by atoms with Gasteiger partial charge in [0.15, 0.2) is 16.7 Å². The predicted octanol–water partition coefficient (Wildman–Crippen LogP) is 3.28. The third kappa shape index (κ3) is 5.33.